The second-order valence-corrected chi connectivity index (χ2v) is 10.0. The maximum atomic E-state index is 11.9. The maximum absolute atomic E-state index is 11.9. The highest BCUT2D eigenvalue weighted by molar-refractivity contribution is 5.91. The third-order valence-corrected chi connectivity index (χ3v) is 8.86. The first-order valence-electron chi connectivity index (χ1n) is 10.2. The highest BCUT2D eigenvalue weighted by atomic mass is 16.3. The van der Waals surface area contributed by atoms with Gasteiger partial charge in [-0.05, 0) is 85.0 Å². The van der Waals surface area contributed by atoms with Crippen molar-refractivity contribution in [3.05, 3.63) is 11.6 Å². The van der Waals surface area contributed by atoms with Crippen LogP contribution < -0.4 is 0 Å². The van der Waals surface area contributed by atoms with E-state index in [-0.39, 0.29) is 16.9 Å². The molecule has 4 aliphatic rings. The Kier molecular flexibility index (Phi) is 3.81. The van der Waals surface area contributed by atoms with Gasteiger partial charge in [-0.2, -0.15) is 0 Å². The van der Waals surface area contributed by atoms with Crippen LogP contribution in [0.1, 0.15) is 72.6 Å². The normalized spacial score (nSPS) is 53.9. The molecule has 0 unspecified atom stereocenters. The van der Waals surface area contributed by atoms with Crippen LogP contribution in [0.2, 0.25) is 0 Å². The van der Waals surface area contributed by atoms with Crippen LogP contribution in [0.4, 0.5) is 0 Å². The molecule has 0 aromatic rings. The summed E-state index contributed by atoms with van der Waals surface area (Å²) in [7, 11) is 0. The maximum Gasteiger partial charge on any atom is 0.155 e. The molecule has 134 valence electrons. The van der Waals surface area contributed by atoms with Crippen LogP contribution in [0.15, 0.2) is 11.6 Å². The Morgan fingerprint density at radius 3 is 2.75 bits per heavy atom. The molecule has 0 aromatic heterocycles. The highest BCUT2D eigenvalue weighted by Crippen LogP contribution is 2.67. The van der Waals surface area contributed by atoms with Gasteiger partial charge in [0.15, 0.2) is 5.78 Å². The van der Waals surface area contributed by atoms with Crippen LogP contribution >= 0.6 is 0 Å². The van der Waals surface area contributed by atoms with E-state index in [0.717, 1.165) is 37.5 Å². The second kappa shape index (κ2) is 5.43. The van der Waals surface area contributed by atoms with E-state index in [1.807, 2.05) is 6.08 Å². The predicted octanol–water partition coefficient (Wildman–Crippen LogP) is 4.76. The van der Waals surface area contributed by atoms with Gasteiger partial charge in [-0.25, -0.2) is 0 Å². The van der Waals surface area contributed by atoms with E-state index in [4.69, 9.17) is 0 Å². The Bertz CT molecular complexity index is 579. The first-order valence-corrected chi connectivity index (χ1v) is 10.2. The summed E-state index contributed by atoms with van der Waals surface area (Å²) in [5.41, 5.74) is 1.65. The Morgan fingerprint density at radius 2 is 2.04 bits per heavy atom. The minimum atomic E-state index is -0.155. The number of aliphatic hydroxyl groups is 1. The molecule has 0 heterocycles. The summed E-state index contributed by atoms with van der Waals surface area (Å²) >= 11 is 0. The predicted molar refractivity (Wildman–Crippen MR) is 96.4 cm³/mol. The summed E-state index contributed by atoms with van der Waals surface area (Å²) in [6, 6.07) is 0. The van der Waals surface area contributed by atoms with Gasteiger partial charge < -0.3 is 5.11 Å². The monoisotopic (exact) mass is 330 g/mol. The van der Waals surface area contributed by atoms with Crippen LogP contribution in [-0.4, -0.2) is 17.0 Å². The molecule has 3 saturated carbocycles. The average Bonchev–Trinajstić information content (AvgIpc) is 2.75. The van der Waals surface area contributed by atoms with E-state index in [0.29, 0.717) is 23.5 Å². The average molecular weight is 331 g/mol. The van der Waals surface area contributed by atoms with Crippen LogP contribution in [-0.2, 0) is 4.79 Å². The lowest BCUT2D eigenvalue weighted by atomic mass is 9.49. The summed E-state index contributed by atoms with van der Waals surface area (Å²) in [6.07, 6.45) is 9.47. The van der Waals surface area contributed by atoms with Crippen LogP contribution in [0.25, 0.3) is 0 Å². The van der Waals surface area contributed by atoms with Crippen LogP contribution in [0, 0.1) is 40.4 Å². The third kappa shape index (κ3) is 2.14. The molecule has 0 bridgehead atoms. The van der Waals surface area contributed by atoms with E-state index in [1.54, 1.807) is 0 Å². The molecule has 3 fully saturated rings. The number of aliphatic hydroxyl groups excluding tert-OH is 1. The molecule has 2 nitrogen and oxygen atoms in total. The Morgan fingerprint density at radius 1 is 1.29 bits per heavy atom. The Hall–Kier alpha value is -0.630. The molecule has 0 aromatic carbocycles. The van der Waals surface area contributed by atoms with Crippen molar-refractivity contribution in [2.75, 3.05) is 0 Å². The van der Waals surface area contributed by atoms with Crippen molar-refractivity contribution in [3.8, 4) is 0 Å². The lowest BCUT2D eigenvalue weighted by Gasteiger charge is -2.55. The van der Waals surface area contributed by atoms with Crippen molar-refractivity contribution in [3.63, 3.8) is 0 Å². The van der Waals surface area contributed by atoms with E-state index in [9.17, 15) is 9.90 Å². The topological polar surface area (TPSA) is 37.3 Å². The van der Waals surface area contributed by atoms with Gasteiger partial charge in [0.1, 0.15) is 0 Å². The number of carbonyl (C=O) groups excluding carboxylic acids is 1. The van der Waals surface area contributed by atoms with Crippen molar-refractivity contribution in [2.45, 2.75) is 78.7 Å². The van der Waals surface area contributed by atoms with Gasteiger partial charge >= 0.3 is 0 Å². The molecular weight excluding hydrogens is 296 g/mol. The van der Waals surface area contributed by atoms with Gasteiger partial charge in [0, 0.05) is 6.42 Å². The summed E-state index contributed by atoms with van der Waals surface area (Å²) in [4.78, 5) is 11.9. The zero-order chi connectivity index (χ0) is 17.3. The van der Waals surface area contributed by atoms with Crippen LogP contribution in [0.5, 0.6) is 0 Å². The lowest BCUT2D eigenvalue weighted by Crippen LogP contribution is -2.50. The number of hydrogen-bond acceptors (Lipinski definition) is 2. The van der Waals surface area contributed by atoms with Gasteiger partial charge in [0.05, 0.1) is 6.10 Å². The van der Waals surface area contributed by atoms with Gasteiger partial charge in [-0.15, -0.1) is 0 Å². The molecule has 0 aliphatic heterocycles. The number of carbonyl (C=O) groups is 1. The SMILES string of the molecule is CC[C@@]1(C)C[C@@H]2[C@H]3[C@H](CC[C@]2(C)[C@@H]1O)[C@H]1CCC(=O)C=C1C[C@H]3C. The zero-order valence-corrected chi connectivity index (χ0v) is 15.8. The molecular formula is C22H34O2. The largest absolute Gasteiger partial charge is 0.392 e. The number of rotatable bonds is 1. The van der Waals surface area contributed by atoms with E-state index < -0.39 is 0 Å². The van der Waals surface area contributed by atoms with Gasteiger partial charge in [-0.3, -0.25) is 4.79 Å². The third-order valence-electron chi connectivity index (χ3n) is 8.86. The minimum Gasteiger partial charge on any atom is -0.392 e. The first kappa shape index (κ1) is 16.8. The molecule has 1 N–H and O–H groups in total. The fraction of sp³-hybridized carbons (Fsp3) is 0.864. The van der Waals surface area contributed by atoms with Crippen molar-refractivity contribution in [1.29, 1.82) is 0 Å². The fourth-order valence-electron chi connectivity index (χ4n) is 7.41. The second-order valence-electron chi connectivity index (χ2n) is 10.0. The number of allylic oxidation sites excluding steroid dienone is 1. The van der Waals surface area contributed by atoms with Crippen LogP contribution in [0.3, 0.4) is 0 Å². The number of hydrogen-bond donors (Lipinski definition) is 1. The molecule has 0 spiro atoms. The highest BCUT2D eigenvalue weighted by Gasteiger charge is 2.63. The molecule has 4 aliphatic carbocycles. The van der Waals surface area contributed by atoms with Gasteiger partial charge in [0.2, 0.25) is 0 Å². The summed E-state index contributed by atoms with van der Waals surface area (Å²) in [5, 5.41) is 11.2. The summed E-state index contributed by atoms with van der Waals surface area (Å²) in [5.74, 6) is 3.80. The quantitative estimate of drug-likeness (QED) is 0.752. The summed E-state index contributed by atoms with van der Waals surface area (Å²) < 4.78 is 0. The molecule has 8 atom stereocenters. The van der Waals surface area contributed by atoms with Crippen molar-refractivity contribution < 1.29 is 9.90 Å². The smallest absolute Gasteiger partial charge is 0.155 e. The molecule has 0 amide bonds. The van der Waals surface area contributed by atoms with Crippen molar-refractivity contribution in [2.24, 2.45) is 40.4 Å². The standard InChI is InChI=1S/C22H34O2/c1-5-21(3)12-18-19-13(2)10-14-11-15(23)6-7-16(14)17(19)8-9-22(18,4)20(21)24/h11,13,16-20,24H,5-10,12H2,1-4H3/t13-,16+,17-,18-,19-,20-,21+,22+/m1/s1. The number of ketones is 1. The molecule has 2 heteroatoms. The van der Waals surface area contributed by atoms with Gasteiger partial charge in [0.25, 0.3) is 0 Å². The molecule has 0 saturated heterocycles. The van der Waals surface area contributed by atoms with Crippen molar-refractivity contribution in [1.82, 2.24) is 0 Å². The van der Waals surface area contributed by atoms with Crippen molar-refractivity contribution >= 4 is 5.78 Å². The molecule has 4 rings (SSSR count). The van der Waals surface area contributed by atoms with E-state index in [1.165, 1.54) is 24.8 Å². The first-order chi connectivity index (χ1) is 11.3. The lowest BCUT2D eigenvalue weighted by molar-refractivity contribution is -0.116. The molecule has 24 heavy (non-hydrogen) atoms. The van der Waals surface area contributed by atoms with E-state index >= 15 is 0 Å². The minimum absolute atomic E-state index is 0.0900. The Balaban J connectivity index is 1.70. The number of fused-ring (bicyclic) bond motifs is 5. The molecule has 0 radical (unpaired) electrons. The van der Waals surface area contributed by atoms with Gasteiger partial charge in [-0.1, -0.05) is 33.3 Å². The van der Waals surface area contributed by atoms with E-state index in [2.05, 4.69) is 27.7 Å². The summed E-state index contributed by atoms with van der Waals surface area (Å²) in [6.45, 7) is 9.35. The fourth-order valence-corrected chi connectivity index (χ4v) is 7.41. The Labute approximate surface area is 147 Å². The zero-order valence-electron chi connectivity index (χ0n) is 15.8.